The Balaban J connectivity index is 0.00000338. The van der Waals surface area contributed by atoms with Crippen LogP contribution in [-0.2, 0) is 14.8 Å². The van der Waals surface area contributed by atoms with Gasteiger partial charge in [0.15, 0.2) is 0 Å². The lowest BCUT2D eigenvalue weighted by molar-refractivity contribution is -0.136. The standard InChI is InChI=1S/C18H29N3O3S.ClH/c1-13(2)16-5-7-17(8-6-16)25(23,24)21-11-9-20(10-12-21)18(22)14(3)15(4)19;/h5-8,13-15H,9-12,19H2,1-4H3;1H. The quantitative estimate of drug-likeness (QED) is 0.815. The van der Waals surface area contributed by atoms with E-state index >= 15 is 0 Å². The van der Waals surface area contributed by atoms with Crippen molar-refractivity contribution in [3.63, 3.8) is 0 Å². The summed E-state index contributed by atoms with van der Waals surface area (Å²) in [6.07, 6.45) is 0. The van der Waals surface area contributed by atoms with Gasteiger partial charge in [0.25, 0.3) is 0 Å². The minimum Gasteiger partial charge on any atom is -0.340 e. The first-order valence-corrected chi connectivity index (χ1v) is 10.2. The molecule has 0 saturated carbocycles. The van der Waals surface area contributed by atoms with E-state index in [0.29, 0.717) is 37.0 Å². The molecular formula is C18H30ClN3O3S. The van der Waals surface area contributed by atoms with E-state index in [1.165, 1.54) is 4.31 Å². The van der Waals surface area contributed by atoms with Crippen LogP contribution < -0.4 is 5.73 Å². The number of rotatable bonds is 5. The Morgan fingerprint density at radius 2 is 1.50 bits per heavy atom. The molecule has 1 amide bonds. The first kappa shape index (κ1) is 22.9. The van der Waals surface area contributed by atoms with Gasteiger partial charge in [0.1, 0.15) is 0 Å². The Bertz CT molecular complexity index is 697. The fraction of sp³-hybridized carbons (Fsp3) is 0.611. The number of carbonyl (C=O) groups excluding carboxylic acids is 1. The molecule has 1 fully saturated rings. The SMILES string of the molecule is CC(C)c1ccc(S(=O)(=O)N2CCN(C(=O)C(C)C(C)N)CC2)cc1.Cl. The number of nitrogens with two attached hydrogens (primary N) is 1. The molecule has 1 aromatic rings. The van der Waals surface area contributed by atoms with Gasteiger partial charge in [0, 0.05) is 32.2 Å². The highest BCUT2D eigenvalue weighted by Crippen LogP contribution is 2.21. The lowest BCUT2D eigenvalue weighted by atomic mass is 10.0. The van der Waals surface area contributed by atoms with Crippen molar-refractivity contribution < 1.29 is 13.2 Å². The van der Waals surface area contributed by atoms with Crippen molar-refractivity contribution in [2.75, 3.05) is 26.2 Å². The Morgan fingerprint density at radius 3 is 1.92 bits per heavy atom. The number of benzene rings is 1. The van der Waals surface area contributed by atoms with E-state index in [-0.39, 0.29) is 30.3 Å². The van der Waals surface area contributed by atoms with E-state index in [0.717, 1.165) is 5.56 Å². The van der Waals surface area contributed by atoms with Gasteiger partial charge in [0.05, 0.1) is 10.8 Å². The zero-order chi connectivity index (χ0) is 18.8. The second-order valence-electron chi connectivity index (χ2n) is 7.10. The zero-order valence-corrected chi connectivity index (χ0v) is 17.5. The van der Waals surface area contributed by atoms with E-state index in [2.05, 4.69) is 13.8 Å². The monoisotopic (exact) mass is 403 g/mol. The second-order valence-corrected chi connectivity index (χ2v) is 9.04. The minimum absolute atomic E-state index is 0. The first-order valence-electron chi connectivity index (χ1n) is 8.79. The summed E-state index contributed by atoms with van der Waals surface area (Å²) in [5, 5.41) is 0. The average molecular weight is 404 g/mol. The summed E-state index contributed by atoms with van der Waals surface area (Å²) >= 11 is 0. The van der Waals surface area contributed by atoms with Gasteiger partial charge >= 0.3 is 0 Å². The van der Waals surface area contributed by atoms with Crippen LogP contribution in [0.5, 0.6) is 0 Å². The topological polar surface area (TPSA) is 83.7 Å². The van der Waals surface area contributed by atoms with Crippen LogP contribution in [0.4, 0.5) is 0 Å². The third-order valence-corrected chi connectivity index (χ3v) is 6.83. The van der Waals surface area contributed by atoms with E-state index in [1.54, 1.807) is 17.0 Å². The molecule has 2 atom stereocenters. The predicted octanol–water partition coefficient (Wildman–Crippen LogP) is 2.05. The fourth-order valence-electron chi connectivity index (χ4n) is 2.84. The average Bonchev–Trinajstić information content (AvgIpc) is 2.60. The van der Waals surface area contributed by atoms with E-state index < -0.39 is 10.0 Å². The summed E-state index contributed by atoms with van der Waals surface area (Å²) < 4.78 is 27.0. The number of carbonyl (C=O) groups is 1. The molecule has 0 spiro atoms. The summed E-state index contributed by atoms with van der Waals surface area (Å²) in [5.74, 6) is 0.0957. The third kappa shape index (κ3) is 4.97. The molecule has 1 aliphatic rings. The van der Waals surface area contributed by atoms with Crippen LogP contribution in [0, 0.1) is 5.92 Å². The van der Waals surface area contributed by atoms with Crippen molar-refractivity contribution >= 4 is 28.3 Å². The van der Waals surface area contributed by atoms with Gasteiger partial charge in [-0.3, -0.25) is 4.79 Å². The summed E-state index contributed by atoms with van der Waals surface area (Å²) in [6, 6.07) is 6.85. The molecule has 2 unspecified atom stereocenters. The molecule has 1 aliphatic heterocycles. The number of hydrogen-bond donors (Lipinski definition) is 1. The highest BCUT2D eigenvalue weighted by atomic mass is 35.5. The van der Waals surface area contributed by atoms with Crippen molar-refractivity contribution in [1.82, 2.24) is 9.21 Å². The molecule has 1 saturated heterocycles. The molecule has 2 rings (SSSR count). The largest absolute Gasteiger partial charge is 0.340 e. The van der Waals surface area contributed by atoms with Crippen LogP contribution >= 0.6 is 12.4 Å². The number of halogens is 1. The molecule has 1 aromatic carbocycles. The lowest BCUT2D eigenvalue weighted by Crippen LogP contribution is -2.53. The van der Waals surface area contributed by atoms with Crippen LogP contribution in [0.25, 0.3) is 0 Å². The van der Waals surface area contributed by atoms with Gasteiger partial charge in [-0.25, -0.2) is 8.42 Å². The van der Waals surface area contributed by atoms with Gasteiger partial charge in [-0.2, -0.15) is 4.31 Å². The number of amides is 1. The normalized spacial score (nSPS) is 18.3. The van der Waals surface area contributed by atoms with Gasteiger partial charge in [0.2, 0.25) is 15.9 Å². The molecule has 8 heteroatoms. The van der Waals surface area contributed by atoms with Crippen LogP contribution in [0.3, 0.4) is 0 Å². The highest BCUT2D eigenvalue weighted by molar-refractivity contribution is 7.89. The summed E-state index contributed by atoms with van der Waals surface area (Å²) in [5.41, 5.74) is 6.91. The summed E-state index contributed by atoms with van der Waals surface area (Å²) in [6.45, 7) is 9.19. The third-order valence-electron chi connectivity index (χ3n) is 4.91. The first-order chi connectivity index (χ1) is 11.6. The molecule has 0 radical (unpaired) electrons. The number of sulfonamides is 1. The maximum atomic E-state index is 12.8. The Morgan fingerprint density at radius 1 is 1.00 bits per heavy atom. The molecule has 148 valence electrons. The number of hydrogen-bond acceptors (Lipinski definition) is 4. The molecule has 2 N–H and O–H groups in total. The van der Waals surface area contributed by atoms with Crippen molar-refractivity contribution in [2.45, 2.75) is 44.6 Å². The van der Waals surface area contributed by atoms with Crippen LogP contribution in [-0.4, -0.2) is 55.8 Å². The maximum Gasteiger partial charge on any atom is 0.243 e. The fourth-order valence-corrected chi connectivity index (χ4v) is 4.26. The van der Waals surface area contributed by atoms with Crippen molar-refractivity contribution in [3.05, 3.63) is 29.8 Å². The summed E-state index contributed by atoms with van der Waals surface area (Å²) in [7, 11) is -3.52. The molecule has 0 bridgehead atoms. The molecule has 6 nitrogen and oxygen atoms in total. The van der Waals surface area contributed by atoms with Crippen molar-refractivity contribution in [2.24, 2.45) is 11.7 Å². The van der Waals surface area contributed by atoms with Crippen LogP contribution in [0.1, 0.15) is 39.2 Å². The highest BCUT2D eigenvalue weighted by Gasteiger charge is 2.32. The zero-order valence-electron chi connectivity index (χ0n) is 15.9. The summed E-state index contributed by atoms with van der Waals surface area (Å²) in [4.78, 5) is 14.4. The van der Waals surface area contributed by atoms with Crippen molar-refractivity contribution in [3.8, 4) is 0 Å². The molecule has 0 aromatic heterocycles. The Kier molecular flexibility index (Phi) is 8.07. The minimum atomic E-state index is -3.52. The maximum absolute atomic E-state index is 12.8. The van der Waals surface area contributed by atoms with Crippen LogP contribution in [0.2, 0.25) is 0 Å². The van der Waals surface area contributed by atoms with Gasteiger partial charge in [-0.1, -0.05) is 32.9 Å². The number of piperazine rings is 1. The van der Waals surface area contributed by atoms with E-state index in [4.69, 9.17) is 5.73 Å². The molecule has 0 aliphatic carbocycles. The molecule has 26 heavy (non-hydrogen) atoms. The van der Waals surface area contributed by atoms with Gasteiger partial charge in [-0.05, 0) is 30.5 Å². The Labute approximate surface area is 163 Å². The number of nitrogens with zero attached hydrogens (tertiary/aromatic N) is 2. The van der Waals surface area contributed by atoms with E-state index in [9.17, 15) is 13.2 Å². The smallest absolute Gasteiger partial charge is 0.243 e. The van der Waals surface area contributed by atoms with Crippen LogP contribution in [0.15, 0.2) is 29.2 Å². The van der Waals surface area contributed by atoms with E-state index in [1.807, 2.05) is 26.0 Å². The molecular weight excluding hydrogens is 374 g/mol. The van der Waals surface area contributed by atoms with Gasteiger partial charge < -0.3 is 10.6 Å². The van der Waals surface area contributed by atoms with Crippen molar-refractivity contribution in [1.29, 1.82) is 0 Å². The van der Waals surface area contributed by atoms with Gasteiger partial charge in [-0.15, -0.1) is 12.4 Å². The predicted molar refractivity (Wildman–Crippen MR) is 106 cm³/mol. The lowest BCUT2D eigenvalue weighted by Gasteiger charge is -2.35. The second kappa shape index (κ2) is 9.17. The molecule has 1 heterocycles. The Hall–Kier alpha value is -1.15.